The lowest BCUT2D eigenvalue weighted by Crippen LogP contribution is -2.41. The van der Waals surface area contributed by atoms with Crippen molar-refractivity contribution in [2.45, 2.75) is 44.9 Å². The van der Waals surface area contributed by atoms with Crippen molar-refractivity contribution in [1.29, 1.82) is 0 Å². The van der Waals surface area contributed by atoms with E-state index in [1.807, 2.05) is 18.0 Å². The van der Waals surface area contributed by atoms with Gasteiger partial charge in [0.05, 0.1) is 0 Å². The van der Waals surface area contributed by atoms with E-state index in [2.05, 4.69) is 44.8 Å². The molecular weight excluding hydrogens is 374 g/mol. The molecule has 0 bridgehead atoms. The molecule has 2 N–H and O–H groups in total. The highest BCUT2D eigenvalue weighted by Crippen LogP contribution is 2.17. The Hall–Kier alpha value is -2.08. The van der Waals surface area contributed by atoms with Crippen LogP contribution in [0.25, 0.3) is 0 Å². The summed E-state index contributed by atoms with van der Waals surface area (Å²) >= 11 is 0. The van der Waals surface area contributed by atoms with Crippen LogP contribution in [0.4, 0.5) is 0 Å². The first-order valence-corrected chi connectivity index (χ1v) is 11.7. The Bertz CT molecular complexity index is 655. The van der Waals surface area contributed by atoms with E-state index in [0.717, 1.165) is 51.5 Å². The Labute approximate surface area is 182 Å². The van der Waals surface area contributed by atoms with Crippen molar-refractivity contribution in [3.05, 3.63) is 35.9 Å². The van der Waals surface area contributed by atoms with Gasteiger partial charge in [-0.25, -0.2) is 0 Å². The molecule has 6 heteroatoms. The zero-order chi connectivity index (χ0) is 21.0. The van der Waals surface area contributed by atoms with Gasteiger partial charge >= 0.3 is 0 Å². The molecule has 0 aliphatic carbocycles. The maximum atomic E-state index is 12.4. The van der Waals surface area contributed by atoms with Crippen molar-refractivity contribution in [3.8, 4) is 0 Å². The van der Waals surface area contributed by atoms with Gasteiger partial charge in [0, 0.05) is 45.6 Å². The predicted molar refractivity (Wildman–Crippen MR) is 124 cm³/mol. The molecule has 166 valence electrons. The number of nitrogens with one attached hydrogen (secondary N) is 2. The van der Waals surface area contributed by atoms with Gasteiger partial charge in [0.1, 0.15) is 0 Å². The van der Waals surface area contributed by atoms with Crippen molar-refractivity contribution in [2.75, 3.05) is 52.9 Å². The van der Waals surface area contributed by atoms with Crippen molar-refractivity contribution in [3.63, 3.8) is 0 Å². The molecule has 1 unspecified atom stereocenters. The van der Waals surface area contributed by atoms with E-state index in [-0.39, 0.29) is 5.91 Å². The summed E-state index contributed by atoms with van der Waals surface area (Å²) in [6.07, 6.45) is 8.16. The Kier molecular flexibility index (Phi) is 9.48. The lowest BCUT2D eigenvalue weighted by atomic mass is 10.1. The molecule has 0 saturated carbocycles. The number of guanidine groups is 1. The molecule has 1 aromatic carbocycles. The van der Waals surface area contributed by atoms with Crippen LogP contribution in [0.1, 0.15) is 44.1 Å². The van der Waals surface area contributed by atoms with Crippen LogP contribution >= 0.6 is 0 Å². The van der Waals surface area contributed by atoms with Crippen LogP contribution in [0.2, 0.25) is 0 Å². The predicted octanol–water partition coefficient (Wildman–Crippen LogP) is 2.51. The Morgan fingerprint density at radius 2 is 1.83 bits per heavy atom. The number of carbonyl (C=O) groups is 1. The van der Waals surface area contributed by atoms with Gasteiger partial charge in [-0.05, 0) is 50.9 Å². The molecule has 2 aliphatic heterocycles. The topological polar surface area (TPSA) is 60.0 Å². The van der Waals surface area contributed by atoms with Crippen molar-refractivity contribution in [2.24, 2.45) is 10.9 Å². The van der Waals surface area contributed by atoms with Crippen LogP contribution < -0.4 is 10.6 Å². The van der Waals surface area contributed by atoms with Crippen molar-refractivity contribution in [1.82, 2.24) is 20.4 Å². The number of likely N-dealkylation sites (tertiary alicyclic amines) is 2. The fraction of sp³-hybridized carbons (Fsp3) is 0.667. The van der Waals surface area contributed by atoms with Crippen LogP contribution in [0.3, 0.4) is 0 Å². The van der Waals surface area contributed by atoms with E-state index in [1.165, 1.54) is 44.3 Å². The Morgan fingerprint density at radius 3 is 2.57 bits per heavy atom. The molecule has 2 aliphatic rings. The highest BCUT2D eigenvalue weighted by Gasteiger charge is 2.29. The summed E-state index contributed by atoms with van der Waals surface area (Å²) in [7, 11) is 1.82. The quantitative estimate of drug-likeness (QED) is 0.371. The second-order valence-corrected chi connectivity index (χ2v) is 8.63. The van der Waals surface area contributed by atoms with E-state index >= 15 is 0 Å². The molecule has 2 fully saturated rings. The molecule has 3 rings (SSSR count). The number of benzene rings is 1. The zero-order valence-corrected chi connectivity index (χ0v) is 18.6. The molecule has 30 heavy (non-hydrogen) atoms. The number of nitrogens with zero attached hydrogens (tertiary/aromatic N) is 3. The van der Waals surface area contributed by atoms with Crippen LogP contribution in [-0.4, -0.2) is 74.5 Å². The highest BCUT2D eigenvalue weighted by molar-refractivity contribution is 5.80. The van der Waals surface area contributed by atoms with Gasteiger partial charge in [-0.2, -0.15) is 0 Å². The normalized spacial score (nSPS) is 21.0. The van der Waals surface area contributed by atoms with Crippen molar-refractivity contribution >= 4 is 11.9 Å². The van der Waals surface area contributed by atoms with Crippen LogP contribution in [-0.2, 0) is 11.2 Å². The third kappa shape index (κ3) is 7.63. The van der Waals surface area contributed by atoms with Crippen LogP contribution in [0.15, 0.2) is 35.3 Å². The maximum Gasteiger partial charge on any atom is 0.223 e. The number of aliphatic imine (C=N–C) groups is 1. The molecule has 1 atom stereocenters. The fourth-order valence-electron chi connectivity index (χ4n) is 4.45. The molecule has 0 radical (unpaired) electrons. The minimum atomic E-state index is 0.276. The second kappa shape index (κ2) is 12.6. The second-order valence-electron chi connectivity index (χ2n) is 8.63. The first kappa shape index (κ1) is 22.6. The van der Waals surface area contributed by atoms with Gasteiger partial charge < -0.3 is 20.4 Å². The lowest BCUT2D eigenvalue weighted by molar-refractivity contribution is -0.127. The van der Waals surface area contributed by atoms with E-state index in [4.69, 9.17) is 0 Å². The fourth-order valence-corrected chi connectivity index (χ4v) is 4.45. The van der Waals surface area contributed by atoms with E-state index in [9.17, 15) is 4.79 Å². The molecule has 2 heterocycles. The van der Waals surface area contributed by atoms with Gasteiger partial charge in [-0.3, -0.25) is 9.79 Å². The van der Waals surface area contributed by atoms with Crippen LogP contribution in [0, 0.1) is 5.92 Å². The monoisotopic (exact) mass is 413 g/mol. The minimum absolute atomic E-state index is 0.276. The number of hydrogen-bond acceptors (Lipinski definition) is 3. The SMILES string of the molecule is CN=C(NCCCN1CCCCCC1)NCC1CC(=O)N(CCc2ccccc2)C1. The highest BCUT2D eigenvalue weighted by atomic mass is 16.2. The van der Waals surface area contributed by atoms with E-state index in [1.54, 1.807) is 0 Å². The zero-order valence-electron chi connectivity index (χ0n) is 18.6. The maximum absolute atomic E-state index is 12.4. The average Bonchev–Trinajstić information content (AvgIpc) is 2.95. The smallest absolute Gasteiger partial charge is 0.223 e. The van der Waals surface area contributed by atoms with Crippen molar-refractivity contribution < 1.29 is 4.79 Å². The Morgan fingerprint density at radius 1 is 1.07 bits per heavy atom. The van der Waals surface area contributed by atoms with Gasteiger partial charge in [-0.15, -0.1) is 0 Å². The van der Waals surface area contributed by atoms with Gasteiger partial charge in [0.2, 0.25) is 5.91 Å². The number of carbonyl (C=O) groups excluding carboxylic acids is 1. The first-order chi connectivity index (χ1) is 14.7. The molecule has 6 nitrogen and oxygen atoms in total. The largest absolute Gasteiger partial charge is 0.356 e. The van der Waals surface area contributed by atoms with Gasteiger partial charge in [0.25, 0.3) is 0 Å². The molecule has 1 amide bonds. The summed E-state index contributed by atoms with van der Waals surface area (Å²) in [5.41, 5.74) is 1.29. The minimum Gasteiger partial charge on any atom is -0.356 e. The molecular formula is C24H39N5O. The number of amides is 1. The molecule has 0 spiro atoms. The molecule has 2 saturated heterocycles. The third-order valence-corrected chi connectivity index (χ3v) is 6.23. The Balaban J connectivity index is 1.30. The summed E-state index contributed by atoms with van der Waals surface area (Å²) < 4.78 is 0. The standard InChI is InChI=1S/C24H39N5O/c1-25-24(26-13-9-16-28-14-7-2-3-8-15-28)27-19-22-18-23(30)29(20-22)17-12-21-10-5-4-6-11-21/h4-6,10-11,22H,2-3,7-9,12-20H2,1H3,(H2,25,26,27). The summed E-state index contributed by atoms with van der Waals surface area (Å²) in [5, 5.41) is 6.85. The van der Waals surface area contributed by atoms with Gasteiger partial charge in [0.15, 0.2) is 5.96 Å². The van der Waals surface area contributed by atoms with Crippen LogP contribution in [0.5, 0.6) is 0 Å². The summed E-state index contributed by atoms with van der Waals surface area (Å²) in [6.45, 7) is 7.04. The third-order valence-electron chi connectivity index (χ3n) is 6.23. The van der Waals surface area contributed by atoms with E-state index < -0.39 is 0 Å². The molecule has 0 aromatic heterocycles. The summed E-state index contributed by atoms with van der Waals surface area (Å²) in [4.78, 5) is 21.3. The van der Waals surface area contributed by atoms with Gasteiger partial charge in [-0.1, -0.05) is 43.2 Å². The summed E-state index contributed by atoms with van der Waals surface area (Å²) in [6, 6.07) is 10.4. The molecule has 1 aromatic rings. The first-order valence-electron chi connectivity index (χ1n) is 11.7. The average molecular weight is 414 g/mol. The number of hydrogen-bond donors (Lipinski definition) is 2. The number of rotatable bonds is 9. The summed E-state index contributed by atoms with van der Waals surface area (Å²) in [5.74, 6) is 1.48. The van der Waals surface area contributed by atoms with E-state index in [0.29, 0.717) is 12.3 Å². The lowest BCUT2D eigenvalue weighted by Gasteiger charge is -2.20.